The largest absolute Gasteiger partial charge is 0.497 e. The summed E-state index contributed by atoms with van der Waals surface area (Å²) in [4.78, 5) is 13.6. The van der Waals surface area contributed by atoms with Gasteiger partial charge in [0.05, 0.1) is 24.2 Å². The molecule has 1 aromatic heterocycles. The van der Waals surface area contributed by atoms with Gasteiger partial charge in [-0.2, -0.15) is 5.10 Å². The predicted molar refractivity (Wildman–Crippen MR) is 153 cm³/mol. The van der Waals surface area contributed by atoms with Gasteiger partial charge in [0.25, 0.3) is 0 Å². The van der Waals surface area contributed by atoms with Crippen molar-refractivity contribution >= 4 is 21.9 Å². The smallest absolute Gasteiger partial charge is 0.341 e. The quantitative estimate of drug-likeness (QED) is 0.232. The van der Waals surface area contributed by atoms with Crippen molar-refractivity contribution in [1.82, 2.24) is 14.7 Å². The van der Waals surface area contributed by atoms with E-state index in [1.165, 1.54) is 12.8 Å². The number of nitrogens with zero attached hydrogens (tertiary/aromatic N) is 3. The van der Waals surface area contributed by atoms with Crippen LogP contribution in [0.1, 0.15) is 12.8 Å². The summed E-state index contributed by atoms with van der Waals surface area (Å²) in [5.74, 6) is 0.792. The molecule has 0 spiro atoms. The van der Waals surface area contributed by atoms with Crippen molar-refractivity contribution in [3.63, 3.8) is 0 Å². The van der Waals surface area contributed by atoms with E-state index < -0.39 is 12.6 Å². The number of hydrogen-bond acceptors (Lipinski definition) is 6. The number of aromatic nitrogens is 2. The molecule has 2 heterocycles. The minimum Gasteiger partial charge on any atom is -0.497 e. The predicted octanol–water partition coefficient (Wildman–Crippen LogP) is 5.92. The van der Waals surface area contributed by atoms with E-state index in [2.05, 4.69) is 20.8 Å². The number of rotatable bonds is 11. The van der Waals surface area contributed by atoms with Crippen molar-refractivity contribution in [2.24, 2.45) is 0 Å². The average molecular weight is 592 g/mol. The Hall–Kier alpha value is -3.82. The number of likely N-dealkylation sites (tertiary alicyclic amines) is 1. The third kappa shape index (κ3) is 6.61. The van der Waals surface area contributed by atoms with Crippen LogP contribution >= 0.6 is 15.9 Å². The van der Waals surface area contributed by atoms with Crippen LogP contribution in [0.2, 0.25) is 0 Å². The molecule has 1 aliphatic heterocycles. The number of carboxylic acids is 1. The third-order valence-electron chi connectivity index (χ3n) is 6.62. The van der Waals surface area contributed by atoms with E-state index in [0.717, 1.165) is 46.8 Å². The number of carbonyl (C=O) groups is 1. The van der Waals surface area contributed by atoms with Crippen LogP contribution in [0.15, 0.2) is 77.3 Å². The fraction of sp³-hybridized carbons (Fsp3) is 0.267. The number of methoxy groups -OCH3 is 1. The van der Waals surface area contributed by atoms with Gasteiger partial charge < -0.3 is 19.3 Å². The second-order valence-corrected chi connectivity index (χ2v) is 10.2. The normalized spacial score (nSPS) is 13.4. The zero-order chi connectivity index (χ0) is 27.2. The lowest BCUT2D eigenvalue weighted by molar-refractivity contribution is -0.139. The Bertz CT molecular complexity index is 1410. The highest BCUT2D eigenvalue weighted by molar-refractivity contribution is 9.10. The van der Waals surface area contributed by atoms with Crippen molar-refractivity contribution in [1.29, 1.82) is 0 Å². The summed E-state index contributed by atoms with van der Waals surface area (Å²) in [7, 11) is 1.58. The highest BCUT2D eigenvalue weighted by atomic mass is 79.9. The van der Waals surface area contributed by atoms with E-state index in [4.69, 9.17) is 24.4 Å². The SMILES string of the molecule is COc1ccc(OCC(=O)O)c(-c2cc(-c3ccc(OCCN4CCCC4)cc3)n(-c3ccc(Br)cc3)n2)c1. The molecular formula is C30H30BrN3O5. The van der Waals surface area contributed by atoms with E-state index in [0.29, 0.717) is 29.4 Å². The van der Waals surface area contributed by atoms with Crippen LogP contribution < -0.4 is 14.2 Å². The third-order valence-corrected chi connectivity index (χ3v) is 7.15. The summed E-state index contributed by atoms with van der Waals surface area (Å²) >= 11 is 3.50. The molecule has 5 rings (SSSR count). The summed E-state index contributed by atoms with van der Waals surface area (Å²) in [5, 5.41) is 14.1. The maximum absolute atomic E-state index is 11.2. The van der Waals surface area contributed by atoms with Gasteiger partial charge in [-0.3, -0.25) is 4.90 Å². The molecule has 0 saturated carbocycles. The number of hydrogen-bond donors (Lipinski definition) is 1. The second-order valence-electron chi connectivity index (χ2n) is 9.27. The van der Waals surface area contributed by atoms with Crippen LogP contribution in [0.5, 0.6) is 17.2 Å². The monoisotopic (exact) mass is 591 g/mol. The van der Waals surface area contributed by atoms with Crippen LogP contribution in [0.25, 0.3) is 28.2 Å². The summed E-state index contributed by atoms with van der Waals surface area (Å²) < 4.78 is 19.8. The molecule has 1 saturated heterocycles. The van der Waals surface area contributed by atoms with Crippen molar-refractivity contribution in [2.45, 2.75) is 12.8 Å². The lowest BCUT2D eigenvalue weighted by Crippen LogP contribution is -2.25. The minimum absolute atomic E-state index is 0.409. The van der Waals surface area contributed by atoms with Gasteiger partial charge in [0.15, 0.2) is 6.61 Å². The Kier molecular flexibility index (Phi) is 8.48. The zero-order valence-electron chi connectivity index (χ0n) is 21.7. The molecule has 0 unspecified atom stereocenters. The molecule has 0 bridgehead atoms. The number of carboxylic acid groups (broad SMARTS) is 1. The summed E-state index contributed by atoms with van der Waals surface area (Å²) in [6.07, 6.45) is 2.54. The first-order valence-corrected chi connectivity index (χ1v) is 13.6. The number of halogens is 1. The number of aliphatic carboxylic acids is 1. The molecule has 0 amide bonds. The lowest BCUT2D eigenvalue weighted by atomic mass is 10.1. The van der Waals surface area contributed by atoms with Crippen molar-refractivity contribution in [2.75, 3.05) is 40.0 Å². The second kappa shape index (κ2) is 12.4. The molecule has 202 valence electrons. The molecule has 3 aromatic carbocycles. The molecule has 0 radical (unpaired) electrons. The first kappa shape index (κ1) is 26.8. The van der Waals surface area contributed by atoms with Crippen LogP contribution in [-0.4, -0.2) is 65.7 Å². The van der Waals surface area contributed by atoms with Crippen molar-refractivity contribution < 1.29 is 24.1 Å². The van der Waals surface area contributed by atoms with Gasteiger partial charge in [-0.25, -0.2) is 9.48 Å². The summed E-state index contributed by atoms with van der Waals surface area (Å²) in [6.45, 7) is 3.45. The Morgan fingerprint density at radius 3 is 2.36 bits per heavy atom. The van der Waals surface area contributed by atoms with Crippen molar-refractivity contribution in [3.8, 4) is 45.5 Å². The lowest BCUT2D eigenvalue weighted by Gasteiger charge is -2.15. The molecule has 0 aliphatic carbocycles. The minimum atomic E-state index is -1.06. The van der Waals surface area contributed by atoms with E-state index >= 15 is 0 Å². The highest BCUT2D eigenvalue weighted by Crippen LogP contribution is 2.36. The Morgan fingerprint density at radius 2 is 1.67 bits per heavy atom. The van der Waals surface area contributed by atoms with Gasteiger partial charge in [0.1, 0.15) is 23.9 Å². The first-order chi connectivity index (χ1) is 19.0. The van der Waals surface area contributed by atoms with Crippen LogP contribution in [-0.2, 0) is 4.79 Å². The molecule has 8 nitrogen and oxygen atoms in total. The summed E-state index contributed by atoms with van der Waals surface area (Å²) in [5.41, 5.74) is 3.96. The van der Waals surface area contributed by atoms with Gasteiger partial charge in [-0.1, -0.05) is 15.9 Å². The van der Waals surface area contributed by atoms with Gasteiger partial charge in [0, 0.05) is 22.1 Å². The Morgan fingerprint density at radius 1 is 0.949 bits per heavy atom. The molecule has 4 aromatic rings. The van der Waals surface area contributed by atoms with E-state index in [9.17, 15) is 4.79 Å². The zero-order valence-corrected chi connectivity index (χ0v) is 23.3. The Labute approximate surface area is 235 Å². The van der Waals surface area contributed by atoms with Gasteiger partial charge in [-0.05, 0) is 98.7 Å². The van der Waals surface area contributed by atoms with Crippen molar-refractivity contribution in [3.05, 3.63) is 77.3 Å². The van der Waals surface area contributed by atoms with E-state index in [1.807, 2.05) is 59.3 Å². The molecule has 1 aliphatic rings. The fourth-order valence-corrected chi connectivity index (χ4v) is 4.88. The molecule has 1 fully saturated rings. The van der Waals surface area contributed by atoms with Crippen LogP contribution in [0.4, 0.5) is 0 Å². The van der Waals surface area contributed by atoms with Crippen LogP contribution in [0.3, 0.4) is 0 Å². The fourth-order valence-electron chi connectivity index (χ4n) is 4.62. The summed E-state index contributed by atoms with van der Waals surface area (Å²) in [6, 6.07) is 23.1. The number of benzene rings is 3. The molecular weight excluding hydrogens is 562 g/mol. The molecule has 1 N–H and O–H groups in total. The maximum Gasteiger partial charge on any atom is 0.341 e. The maximum atomic E-state index is 11.2. The molecule has 9 heteroatoms. The highest BCUT2D eigenvalue weighted by Gasteiger charge is 2.18. The van der Waals surface area contributed by atoms with E-state index in [1.54, 1.807) is 25.3 Å². The van der Waals surface area contributed by atoms with E-state index in [-0.39, 0.29) is 0 Å². The topological polar surface area (TPSA) is 86.0 Å². The molecule has 39 heavy (non-hydrogen) atoms. The Balaban J connectivity index is 1.48. The standard InChI is InChI=1S/C30H30BrN3O5/c1-37-25-12-13-29(39-20-30(35)36)26(18-25)27-19-28(34(32-27)23-8-6-22(31)7-9-23)21-4-10-24(11-5-21)38-17-16-33-14-2-3-15-33/h4-13,18-19H,2-3,14-17,20H2,1H3,(H,35,36). The van der Waals surface area contributed by atoms with Gasteiger partial charge in [-0.15, -0.1) is 0 Å². The first-order valence-electron chi connectivity index (χ1n) is 12.8. The number of ether oxygens (including phenoxy) is 3. The van der Waals surface area contributed by atoms with Gasteiger partial charge >= 0.3 is 5.97 Å². The average Bonchev–Trinajstić information content (AvgIpc) is 3.63. The molecule has 0 atom stereocenters. The van der Waals surface area contributed by atoms with Crippen LogP contribution in [0, 0.1) is 0 Å². The van der Waals surface area contributed by atoms with Gasteiger partial charge in [0.2, 0.25) is 0 Å².